The topological polar surface area (TPSA) is 87.0 Å². The summed E-state index contributed by atoms with van der Waals surface area (Å²) in [5, 5.41) is 29.6. The second-order valence-corrected chi connectivity index (χ2v) is 7.89. The van der Waals surface area contributed by atoms with Crippen LogP contribution in [0.3, 0.4) is 0 Å². The van der Waals surface area contributed by atoms with E-state index in [9.17, 15) is 15.0 Å². The Bertz CT molecular complexity index is 738. The number of benzene rings is 1. The molecule has 2 aliphatic rings. The number of aromatic carboxylic acids is 1. The molecule has 0 unspecified atom stereocenters. The first-order chi connectivity index (χ1) is 13.5. The monoisotopic (exact) mass is 386 g/mol. The van der Waals surface area contributed by atoms with Crippen molar-refractivity contribution in [2.75, 3.05) is 0 Å². The van der Waals surface area contributed by atoms with Crippen LogP contribution in [0.2, 0.25) is 0 Å². The van der Waals surface area contributed by atoms with E-state index in [1.165, 1.54) is 0 Å². The Kier molecular flexibility index (Phi) is 6.92. The van der Waals surface area contributed by atoms with E-state index in [1.807, 2.05) is 24.3 Å². The van der Waals surface area contributed by atoms with Gasteiger partial charge in [0.1, 0.15) is 6.10 Å². The van der Waals surface area contributed by atoms with Gasteiger partial charge in [0.2, 0.25) is 0 Å². The maximum absolute atomic E-state index is 11.1. The zero-order valence-corrected chi connectivity index (χ0v) is 16.3. The predicted molar refractivity (Wildman–Crippen MR) is 108 cm³/mol. The molecule has 1 heterocycles. The van der Waals surface area contributed by atoms with Crippen molar-refractivity contribution in [3.8, 4) is 0 Å². The van der Waals surface area contributed by atoms with E-state index >= 15 is 0 Å². The zero-order valence-electron chi connectivity index (χ0n) is 16.3. The number of rotatable bonds is 8. The summed E-state index contributed by atoms with van der Waals surface area (Å²) in [6.45, 7) is 2.14. The van der Waals surface area contributed by atoms with E-state index in [0.29, 0.717) is 12.8 Å². The van der Waals surface area contributed by atoms with Crippen molar-refractivity contribution in [1.29, 1.82) is 0 Å². The molecule has 152 valence electrons. The van der Waals surface area contributed by atoms with Gasteiger partial charge < -0.3 is 20.1 Å². The highest BCUT2D eigenvalue weighted by Crippen LogP contribution is 2.45. The van der Waals surface area contributed by atoms with Gasteiger partial charge in [0.05, 0.1) is 23.5 Å². The second-order valence-electron chi connectivity index (χ2n) is 7.89. The van der Waals surface area contributed by atoms with Crippen molar-refractivity contribution >= 4 is 12.0 Å². The van der Waals surface area contributed by atoms with Gasteiger partial charge in [0, 0.05) is 24.7 Å². The Morgan fingerprint density at radius 2 is 2.18 bits per heavy atom. The molecule has 0 radical (unpaired) electrons. The van der Waals surface area contributed by atoms with Crippen molar-refractivity contribution in [2.24, 2.45) is 11.8 Å². The fraction of sp³-hybridized carbons (Fsp3) is 0.522. The minimum atomic E-state index is -0.949. The number of aliphatic hydroxyl groups excluding tert-OH is 2. The van der Waals surface area contributed by atoms with Gasteiger partial charge >= 0.3 is 5.97 Å². The van der Waals surface area contributed by atoms with Crippen molar-refractivity contribution in [2.45, 2.75) is 63.8 Å². The smallest absolute Gasteiger partial charge is 0.335 e. The number of aliphatic hydroxyl groups is 2. The quantitative estimate of drug-likeness (QED) is 0.464. The molecule has 5 atom stereocenters. The summed E-state index contributed by atoms with van der Waals surface area (Å²) in [6, 6.07) is 6.78. The molecule has 5 nitrogen and oxygen atoms in total. The summed E-state index contributed by atoms with van der Waals surface area (Å²) < 4.78 is 6.03. The largest absolute Gasteiger partial charge is 0.494 e. The predicted octanol–water partition coefficient (Wildman–Crippen LogP) is 4.01. The van der Waals surface area contributed by atoms with E-state index in [4.69, 9.17) is 9.84 Å². The summed E-state index contributed by atoms with van der Waals surface area (Å²) in [6.07, 6.45) is 10.0. The van der Waals surface area contributed by atoms with E-state index in [-0.39, 0.29) is 23.5 Å². The van der Waals surface area contributed by atoms with Gasteiger partial charge in [-0.3, -0.25) is 0 Å². The summed E-state index contributed by atoms with van der Waals surface area (Å²) in [5.41, 5.74) is 1.05. The highest BCUT2D eigenvalue weighted by atomic mass is 16.5. The maximum Gasteiger partial charge on any atom is 0.335 e. The first-order valence-electron chi connectivity index (χ1n) is 10.2. The number of carboxylic acid groups (broad SMARTS) is 1. The number of carbonyl (C=O) groups is 1. The molecule has 0 spiro atoms. The lowest BCUT2D eigenvalue weighted by molar-refractivity contribution is 0.0696. The highest BCUT2D eigenvalue weighted by molar-refractivity contribution is 5.88. The lowest BCUT2D eigenvalue weighted by Crippen LogP contribution is -2.18. The van der Waals surface area contributed by atoms with E-state index in [0.717, 1.165) is 37.0 Å². The third kappa shape index (κ3) is 5.03. The molecule has 1 aliphatic heterocycles. The Labute approximate surface area is 166 Å². The lowest BCUT2D eigenvalue weighted by atomic mass is 9.90. The van der Waals surface area contributed by atoms with Gasteiger partial charge in [-0.2, -0.15) is 0 Å². The third-order valence-electron chi connectivity index (χ3n) is 5.75. The van der Waals surface area contributed by atoms with Crippen LogP contribution in [0.5, 0.6) is 0 Å². The van der Waals surface area contributed by atoms with Gasteiger partial charge in [-0.1, -0.05) is 50.5 Å². The molecule has 0 amide bonds. The van der Waals surface area contributed by atoms with Crippen molar-refractivity contribution in [3.05, 3.63) is 53.3 Å². The summed E-state index contributed by atoms with van der Waals surface area (Å²) in [5.74, 6) is 0.0340. The summed E-state index contributed by atoms with van der Waals surface area (Å²) in [7, 11) is 0. The van der Waals surface area contributed by atoms with E-state index in [1.54, 1.807) is 18.2 Å². The molecular weight excluding hydrogens is 356 g/mol. The summed E-state index contributed by atoms with van der Waals surface area (Å²) in [4.78, 5) is 11.1. The van der Waals surface area contributed by atoms with Crippen LogP contribution in [0.15, 0.2) is 42.2 Å². The Morgan fingerprint density at radius 1 is 1.36 bits per heavy atom. The number of allylic oxidation sites excluding steroid dienone is 1. The molecule has 0 bridgehead atoms. The standard InChI is InChI=1S/C23H30O5/c1-2-3-4-8-17(24)9-10-19-20-13-18(28-22(20)14-21(19)25)12-15-6-5-7-16(11-15)23(26)27/h5-7,9-12,17,19-22,24-25H,2-4,8,13-14H2,1H3,(H,26,27)/b10-9+,18-12-/t17-,19+,20+,21+,22-/m0/s1. The Balaban J connectivity index is 1.64. The molecule has 1 saturated carbocycles. The van der Waals surface area contributed by atoms with Crippen LogP contribution in [0.25, 0.3) is 6.08 Å². The zero-order chi connectivity index (χ0) is 20.1. The van der Waals surface area contributed by atoms with E-state index < -0.39 is 18.2 Å². The van der Waals surface area contributed by atoms with Crippen LogP contribution in [0.4, 0.5) is 0 Å². The minimum absolute atomic E-state index is 0.0259. The molecule has 1 aromatic carbocycles. The molecule has 1 aliphatic carbocycles. The van der Waals surface area contributed by atoms with Crippen LogP contribution in [-0.2, 0) is 4.74 Å². The molecule has 1 aromatic rings. The molecule has 3 rings (SSSR count). The number of hydrogen-bond acceptors (Lipinski definition) is 4. The fourth-order valence-electron chi connectivity index (χ4n) is 4.25. The van der Waals surface area contributed by atoms with Gasteiger partial charge in [-0.25, -0.2) is 4.79 Å². The van der Waals surface area contributed by atoms with Crippen LogP contribution >= 0.6 is 0 Å². The second kappa shape index (κ2) is 9.39. The number of ether oxygens (including phenoxy) is 1. The Morgan fingerprint density at radius 3 is 2.93 bits per heavy atom. The molecule has 28 heavy (non-hydrogen) atoms. The van der Waals surface area contributed by atoms with Crippen LogP contribution in [-0.4, -0.2) is 39.6 Å². The van der Waals surface area contributed by atoms with E-state index in [2.05, 4.69) is 6.92 Å². The molecular formula is C23H30O5. The van der Waals surface area contributed by atoms with Crippen molar-refractivity contribution in [3.63, 3.8) is 0 Å². The number of hydrogen-bond donors (Lipinski definition) is 3. The first kappa shape index (κ1) is 20.6. The molecule has 5 heteroatoms. The highest BCUT2D eigenvalue weighted by Gasteiger charge is 2.47. The normalized spacial score (nSPS) is 29.2. The average Bonchev–Trinajstić information content (AvgIpc) is 3.16. The van der Waals surface area contributed by atoms with Gasteiger partial charge in [0.15, 0.2) is 0 Å². The van der Waals surface area contributed by atoms with Crippen molar-refractivity contribution < 1.29 is 24.9 Å². The van der Waals surface area contributed by atoms with Crippen molar-refractivity contribution in [1.82, 2.24) is 0 Å². The van der Waals surface area contributed by atoms with Crippen LogP contribution in [0, 0.1) is 11.8 Å². The average molecular weight is 386 g/mol. The van der Waals surface area contributed by atoms with Gasteiger partial charge in [-0.15, -0.1) is 0 Å². The molecule has 3 N–H and O–H groups in total. The lowest BCUT2D eigenvalue weighted by Gasteiger charge is -2.16. The molecule has 1 saturated heterocycles. The summed E-state index contributed by atoms with van der Waals surface area (Å²) >= 11 is 0. The number of fused-ring (bicyclic) bond motifs is 1. The minimum Gasteiger partial charge on any atom is -0.494 e. The van der Waals surface area contributed by atoms with Crippen LogP contribution in [0.1, 0.15) is 61.4 Å². The van der Waals surface area contributed by atoms with Gasteiger partial charge in [0.25, 0.3) is 0 Å². The van der Waals surface area contributed by atoms with Crippen LogP contribution < -0.4 is 0 Å². The molecule has 2 fully saturated rings. The Hall–Kier alpha value is -2.11. The number of carboxylic acids is 1. The third-order valence-corrected chi connectivity index (χ3v) is 5.75. The molecule has 0 aromatic heterocycles. The fourth-order valence-corrected chi connectivity index (χ4v) is 4.25. The SMILES string of the molecule is CCCCC[C@H](O)/C=C/[C@@H]1[C@H]2C/C(=C/c3cccc(C(=O)O)c3)O[C@H]2C[C@H]1O. The first-order valence-corrected chi connectivity index (χ1v) is 10.2. The maximum atomic E-state index is 11.1. The number of unbranched alkanes of at least 4 members (excludes halogenated alkanes) is 2. The van der Waals surface area contributed by atoms with Gasteiger partial charge in [-0.05, 0) is 30.2 Å².